The average Bonchev–Trinajstić information content (AvgIpc) is 2.73. The second-order valence-electron chi connectivity index (χ2n) is 5.63. The SMILES string of the molecule is Cc1nn(CC(=O)c2ccc(C(C)C)cc2)c(C)c1[N+](=O)[O-]. The zero-order valence-electron chi connectivity index (χ0n) is 13.2. The summed E-state index contributed by atoms with van der Waals surface area (Å²) >= 11 is 0. The number of Topliss-reactive ketones (excluding diaryl/α,β-unsaturated/α-hetero) is 1. The summed E-state index contributed by atoms with van der Waals surface area (Å²) in [5.41, 5.74) is 2.45. The molecule has 0 spiro atoms. The summed E-state index contributed by atoms with van der Waals surface area (Å²) in [5.74, 6) is 0.290. The normalized spacial score (nSPS) is 11.0. The fraction of sp³-hybridized carbons (Fsp3) is 0.375. The molecule has 116 valence electrons. The summed E-state index contributed by atoms with van der Waals surface area (Å²) < 4.78 is 1.39. The molecule has 1 heterocycles. The molecule has 0 unspecified atom stereocenters. The Morgan fingerprint density at radius 1 is 1.27 bits per heavy atom. The van der Waals surface area contributed by atoms with Gasteiger partial charge in [0.2, 0.25) is 0 Å². The lowest BCUT2D eigenvalue weighted by molar-refractivity contribution is -0.386. The predicted molar refractivity (Wildman–Crippen MR) is 83.2 cm³/mol. The molecular formula is C16H19N3O3. The van der Waals surface area contributed by atoms with Gasteiger partial charge < -0.3 is 0 Å². The first-order valence-electron chi connectivity index (χ1n) is 7.12. The lowest BCUT2D eigenvalue weighted by Crippen LogP contribution is -2.13. The summed E-state index contributed by atoms with van der Waals surface area (Å²) in [4.78, 5) is 22.8. The highest BCUT2D eigenvalue weighted by molar-refractivity contribution is 5.95. The van der Waals surface area contributed by atoms with Gasteiger partial charge in [-0.2, -0.15) is 5.10 Å². The van der Waals surface area contributed by atoms with Crippen LogP contribution in [0.2, 0.25) is 0 Å². The van der Waals surface area contributed by atoms with E-state index in [4.69, 9.17) is 0 Å². The van der Waals surface area contributed by atoms with Gasteiger partial charge in [-0.1, -0.05) is 38.1 Å². The van der Waals surface area contributed by atoms with E-state index in [1.54, 1.807) is 26.0 Å². The van der Waals surface area contributed by atoms with E-state index >= 15 is 0 Å². The third kappa shape index (κ3) is 3.05. The molecule has 2 aromatic rings. The third-order valence-electron chi connectivity index (χ3n) is 3.72. The van der Waals surface area contributed by atoms with Crippen LogP contribution in [-0.4, -0.2) is 20.5 Å². The first-order valence-corrected chi connectivity index (χ1v) is 7.12. The molecule has 1 aromatic carbocycles. The minimum atomic E-state index is -0.462. The van der Waals surface area contributed by atoms with E-state index in [1.165, 1.54) is 10.2 Å². The Morgan fingerprint density at radius 2 is 1.86 bits per heavy atom. The molecule has 2 rings (SSSR count). The van der Waals surface area contributed by atoms with Crippen molar-refractivity contribution in [2.75, 3.05) is 0 Å². The van der Waals surface area contributed by atoms with Gasteiger partial charge in [-0.3, -0.25) is 19.6 Å². The number of ketones is 1. The van der Waals surface area contributed by atoms with Crippen LogP contribution in [0.3, 0.4) is 0 Å². The standard InChI is InChI=1S/C16H19N3O3/c1-10(2)13-5-7-14(8-6-13)15(20)9-18-12(4)16(19(21)22)11(3)17-18/h5-8,10H,9H2,1-4H3. The average molecular weight is 301 g/mol. The summed E-state index contributed by atoms with van der Waals surface area (Å²) in [7, 11) is 0. The summed E-state index contributed by atoms with van der Waals surface area (Å²) in [6.45, 7) is 7.36. The van der Waals surface area contributed by atoms with Crippen molar-refractivity contribution in [1.82, 2.24) is 9.78 Å². The molecule has 22 heavy (non-hydrogen) atoms. The zero-order valence-corrected chi connectivity index (χ0v) is 13.2. The second-order valence-corrected chi connectivity index (χ2v) is 5.63. The van der Waals surface area contributed by atoms with Crippen molar-refractivity contribution in [3.05, 3.63) is 56.9 Å². The van der Waals surface area contributed by atoms with E-state index in [0.29, 0.717) is 22.9 Å². The Labute approximate surface area is 128 Å². The summed E-state index contributed by atoms with van der Waals surface area (Å²) in [6.07, 6.45) is 0. The number of nitro groups is 1. The van der Waals surface area contributed by atoms with Crippen molar-refractivity contribution in [3.8, 4) is 0 Å². The molecule has 0 amide bonds. The van der Waals surface area contributed by atoms with E-state index in [1.807, 2.05) is 12.1 Å². The maximum atomic E-state index is 12.3. The molecule has 6 heteroatoms. The maximum Gasteiger partial charge on any atom is 0.312 e. The van der Waals surface area contributed by atoms with E-state index in [9.17, 15) is 14.9 Å². The van der Waals surface area contributed by atoms with Gasteiger partial charge in [-0.05, 0) is 25.3 Å². The van der Waals surface area contributed by atoms with Crippen LogP contribution in [0.15, 0.2) is 24.3 Å². The molecule has 6 nitrogen and oxygen atoms in total. The number of rotatable bonds is 5. The van der Waals surface area contributed by atoms with Crippen LogP contribution in [0, 0.1) is 24.0 Å². The molecule has 0 saturated heterocycles. The van der Waals surface area contributed by atoms with Gasteiger partial charge in [0.1, 0.15) is 17.9 Å². The Hall–Kier alpha value is -2.50. The number of hydrogen-bond acceptors (Lipinski definition) is 4. The van der Waals surface area contributed by atoms with Crippen molar-refractivity contribution in [2.45, 2.75) is 40.2 Å². The highest BCUT2D eigenvalue weighted by Gasteiger charge is 2.23. The van der Waals surface area contributed by atoms with Gasteiger partial charge in [-0.15, -0.1) is 0 Å². The third-order valence-corrected chi connectivity index (χ3v) is 3.72. The minimum Gasteiger partial charge on any atom is -0.292 e. The number of carbonyl (C=O) groups is 1. The van der Waals surface area contributed by atoms with Gasteiger partial charge in [0, 0.05) is 5.56 Å². The van der Waals surface area contributed by atoms with E-state index < -0.39 is 4.92 Å². The fourth-order valence-corrected chi connectivity index (χ4v) is 2.39. The molecule has 0 fully saturated rings. The molecule has 0 aliphatic rings. The number of nitrogens with zero attached hydrogens (tertiary/aromatic N) is 3. The van der Waals surface area contributed by atoms with Crippen LogP contribution in [0.25, 0.3) is 0 Å². The lowest BCUT2D eigenvalue weighted by Gasteiger charge is -2.07. The monoisotopic (exact) mass is 301 g/mol. The highest BCUT2D eigenvalue weighted by Crippen LogP contribution is 2.22. The van der Waals surface area contributed by atoms with Crippen molar-refractivity contribution >= 4 is 11.5 Å². The quantitative estimate of drug-likeness (QED) is 0.481. The highest BCUT2D eigenvalue weighted by atomic mass is 16.6. The summed E-state index contributed by atoms with van der Waals surface area (Å²) in [5, 5.41) is 15.1. The van der Waals surface area contributed by atoms with Gasteiger partial charge in [0.05, 0.1) is 4.92 Å². The molecular weight excluding hydrogens is 282 g/mol. The Kier molecular flexibility index (Phi) is 4.40. The largest absolute Gasteiger partial charge is 0.312 e. The number of carbonyl (C=O) groups excluding carboxylic acids is 1. The zero-order chi connectivity index (χ0) is 16.4. The van der Waals surface area contributed by atoms with Crippen LogP contribution in [0.4, 0.5) is 5.69 Å². The number of benzene rings is 1. The van der Waals surface area contributed by atoms with Gasteiger partial charge in [0.25, 0.3) is 0 Å². The Morgan fingerprint density at radius 3 is 2.32 bits per heavy atom. The molecule has 0 bridgehead atoms. The van der Waals surface area contributed by atoms with Gasteiger partial charge in [-0.25, -0.2) is 0 Å². The Bertz CT molecular complexity index is 715. The minimum absolute atomic E-state index is 0.00153. The lowest BCUT2D eigenvalue weighted by atomic mass is 10.0. The first-order chi connectivity index (χ1) is 10.3. The number of aromatic nitrogens is 2. The number of aryl methyl sites for hydroxylation is 1. The molecule has 0 aliphatic heterocycles. The van der Waals surface area contributed by atoms with Crippen molar-refractivity contribution < 1.29 is 9.72 Å². The second kappa shape index (κ2) is 6.09. The van der Waals surface area contributed by atoms with Crippen molar-refractivity contribution in [3.63, 3.8) is 0 Å². The maximum absolute atomic E-state index is 12.3. The van der Waals surface area contributed by atoms with Crippen LogP contribution in [0.5, 0.6) is 0 Å². The van der Waals surface area contributed by atoms with Crippen molar-refractivity contribution in [2.24, 2.45) is 0 Å². The molecule has 0 saturated carbocycles. The molecule has 0 aliphatic carbocycles. The summed E-state index contributed by atoms with van der Waals surface area (Å²) in [6, 6.07) is 7.44. The molecule has 0 N–H and O–H groups in total. The van der Waals surface area contributed by atoms with Crippen LogP contribution in [0.1, 0.15) is 47.1 Å². The van der Waals surface area contributed by atoms with E-state index in [-0.39, 0.29) is 18.0 Å². The Balaban J connectivity index is 2.22. The van der Waals surface area contributed by atoms with Crippen molar-refractivity contribution in [1.29, 1.82) is 0 Å². The topological polar surface area (TPSA) is 78.0 Å². The smallest absolute Gasteiger partial charge is 0.292 e. The van der Waals surface area contributed by atoms with E-state index in [2.05, 4.69) is 18.9 Å². The van der Waals surface area contributed by atoms with E-state index in [0.717, 1.165) is 0 Å². The first kappa shape index (κ1) is 15.9. The molecule has 1 aromatic heterocycles. The fourth-order valence-electron chi connectivity index (χ4n) is 2.39. The number of hydrogen-bond donors (Lipinski definition) is 0. The van der Waals surface area contributed by atoms with Gasteiger partial charge >= 0.3 is 5.69 Å². The van der Waals surface area contributed by atoms with Gasteiger partial charge in [0.15, 0.2) is 5.78 Å². The van der Waals surface area contributed by atoms with Crippen LogP contribution < -0.4 is 0 Å². The molecule has 0 atom stereocenters. The van der Waals surface area contributed by atoms with Crippen LogP contribution in [-0.2, 0) is 6.54 Å². The predicted octanol–water partition coefficient (Wildman–Crippen LogP) is 3.41. The molecule has 0 radical (unpaired) electrons. The van der Waals surface area contributed by atoms with Crippen LogP contribution >= 0.6 is 0 Å².